The molecule has 1 saturated carbocycles. The van der Waals surface area contributed by atoms with Crippen molar-refractivity contribution in [3.8, 4) is 0 Å². The Labute approximate surface area is 133 Å². The number of rotatable bonds is 1. The minimum absolute atomic E-state index is 0.110. The molecule has 0 aromatic carbocycles. The van der Waals surface area contributed by atoms with E-state index >= 15 is 0 Å². The van der Waals surface area contributed by atoms with Crippen LogP contribution in [0.3, 0.4) is 0 Å². The lowest BCUT2D eigenvalue weighted by Crippen LogP contribution is -2.61. The van der Waals surface area contributed by atoms with Crippen molar-refractivity contribution in [3.05, 3.63) is 0 Å². The molecule has 124 valence electrons. The summed E-state index contributed by atoms with van der Waals surface area (Å²) >= 11 is 0. The van der Waals surface area contributed by atoms with Crippen LogP contribution in [0.4, 0.5) is 0 Å². The Morgan fingerprint density at radius 1 is 1.00 bits per heavy atom. The van der Waals surface area contributed by atoms with Crippen molar-refractivity contribution in [3.63, 3.8) is 0 Å². The predicted molar refractivity (Wildman–Crippen MR) is 83.3 cm³/mol. The summed E-state index contributed by atoms with van der Waals surface area (Å²) in [4.78, 5) is 28.4. The van der Waals surface area contributed by atoms with Crippen LogP contribution in [0, 0.1) is 5.92 Å². The molecule has 5 heteroatoms. The normalized spacial score (nSPS) is 30.6. The number of ether oxygens (including phenoxy) is 1. The summed E-state index contributed by atoms with van der Waals surface area (Å²) in [5.41, 5.74) is -0.327. The topological polar surface area (TPSA) is 49.9 Å². The molecule has 3 rings (SSSR count). The summed E-state index contributed by atoms with van der Waals surface area (Å²) in [6.07, 6.45) is 7.64. The van der Waals surface area contributed by atoms with Crippen LogP contribution in [0.2, 0.25) is 0 Å². The third kappa shape index (κ3) is 3.29. The maximum absolute atomic E-state index is 12.8. The molecular formula is C17H28N2O3. The molecule has 2 aliphatic heterocycles. The van der Waals surface area contributed by atoms with Gasteiger partial charge in [-0.3, -0.25) is 9.59 Å². The quantitative estimate of drug-likeness (QED) is 0.742. The lowest BCUT2D eigenvalue weighted by atomic mass is 9.86. The summed E-state index contributed by atoms with van der Waals surface area (Å²) in [6, 6.07) is 0. The van der Waals surface area contributed by atoms with Crippen molar-refractivity contribution in [1.29, 1.82) is 0 Å². The van der Waals surface area contributed by atoms with Gasteiger partial charge in [0.1, 0.15) is 5.60 Å². The smallest absolute Gasteiger partial charge is 0.225 e. The largest absolute Gasteiger partial charge is 0.369 e. The molecule has 0 aromatic rings. The maximum Gasteiger partial charge on any atom is 0.225 e. The van der Waals surface area contributed by atoms with Gasteiger partial charge >= 0.3 is 0 Å². The summed E-state index contributed by atoms with van der Waals surface area (Å²) in [5, 5.41) is 0. The van der Waals surface area contributed by atoms with Gasteiger partial charge < -0.3 is 14.5 Å². The minimum Gasteiger partial charge on any atom is -0.369 e. The third-order valence-corrected chi connectivity index (χ3v) is 5.50. The second kappa shape index (κ2) is 6.57. The average Bonchev–Trinajstić information content (AvgIpc) is 2.55. The molecule has 0 unspecified atom stereocenters. The van der Waals surface area contributed by atoms with E-state index in [2.05, 4.69) is 0 Å². The lowest BCUT2D eigenvalue weighted by molar-refractivity contribution is -0.168. The molecule has 22 heavy (non-hydrogen) atoms. The van der Waals surface area contributed by atoms with Crippen molar-refractivity contribution in [2.24, 2.45) is 5.92 Å². The molecular weight excluding hydrogens is 280 g/mol. The maximum atomic E-state index is 12.8. The number of morpholine rings is 1. The number of carbonyl (C=O) groups excluding carboxylic acids is 2. The van der Waals surface area contributed by atoms with Gasteiger partial charge in [-0.1, -0.05) is 19.3 Å². The van der Waals surface area contributed by atoms with Crippen molar-refractivity contribution < 1.29 is 14.3 Å². The highest BCUT2D eigenvalue weighted by atomic mass is 16.5. The van der Waals surface area contributed by atoms with Gasteiger partial charge in [-0.15, -0.1) is 0 Å². The lowest BCUT2D eigenvalue weighted by Gasteiger charge is -2.48. The Kier molecular flexibility index (Phi) is 4.71. The van der Waals surface area contributed by atoms with Crippen LogP contribution in [0.15, 0.2) is 0 Å². The van der Waals surface area contributed by atoms with E-state index in [1.54, 1.807) is 6.92 Å². The molecule has 3 aliphatic rings. The minimum atomic E-state index is -0.327. The first-order chi connectivity index (χ1) is 10.6. The van der Waals surface area contributed by atoms with Gasteiger partial charge in [-0.05, 0) is 25.7 Å². The molecule has 2 amide bonds. The molecule has 2 saturated heterocycles. The number of amides is 2. The van der Waals surface area contributed by atoms with Gasteiger partial charge in [0.15, 0.2) is 0 Å². The fourth-order valence-electron chi connectivity index (χ4n) is 4.25. The van der Waals surface area contributed by atoms with Crippen LogP contribution in [0.1, 0.15) is 51.9 Å². The highest BCUT2D eigenvalue weighted by Crippen LogP contribution is 2.31. The second-order valence-corrected chi connectivity index (χ2v) is 7.17. The molecule has 3 fully saturated rings. The van der Waals surface area contributed by atoms with Gasteiger partial charge in [0.25, 0.3) is 0 Å². The van der Waals surface area contributed by atoms with E-state index in [0.717, 1.165) is 32.2 Å². The van der Waals surface area contributed by atoms with Crippen LogP contribution < -0.4 is 0 Å². The van der Waals surface area contributed by atoms with Crippen molar-refractivity contribution in [2.45, 2.75) is 57.5 Å². The van der Waals surface area contributed by atoms with E-state index in [1.807, 2.05) is 9.80 Å². The van der Waals surface area contributed by atoms with E-state index in [-0.39, 0.29) is 17.4 Å². The number of hydrogen-bond acceptors (Lipinski definition) is 3. The van der Waals surface area contributed by atoms with Crippen LogP contribution in [0.5, 0.6) is 0 Å². The van der Waals surface area contributed by atoms with Gasteiger partial charge in [0.2, 0.25) is 11.8 Å². The highest BCUT2D eigenvalue weighted by Gasteiger charge is 2.43. The van der Waals surface area contributed by atoms with E-state index in [4.69, 9.17) is 4.74 Å². The van der Waals surface area contributed by atoms with E-state index in [0.29, 0.717) is 32.1 Å². The van der Waals surface area contributed by atoms with Crippen LogP contribution in [-0.4, -0.2) is 60.0 Å². The zero-order valence-electron chi connectivity index (χ0n) is 13.7. The highest BCUT2D eigenvalue weighted by molar-refractivity contribution is 5.79. The summed E-state index contributed by atoms with van der Waals surface area (Å²) < 4.78 is 6.07. The zero-order valence-corrected chi connectivity index (χ0v) is 13.7. The van der Waals surface area contributed by atoms with Gasteiger partial charge in [-0.2, -0.15) is 0 Å². The predicted octanol–water partition coefficient (Wildman–Crippen LogP) is 1.81. The Bertz CT molecular complexity index is 430. The monoisotopic (exact) mass is 308 g/mol. The second-order valence-electron chi connectivity index (χ2n) is 7.17. The summed E-state index contributed by atoms with van der Waals surface area (Å²) in [7, 11) is 0. The number of nitrogens with zero attached hydrogens (tertiary/aromatic N) is 2. The van der Waals surface area contributed by atoms with Crippen molar-refractivity contribution in [1.82, 2.24) is 9.80 Å². The molecule has 0 radical (unpaired) electrons. The van der Waals surface area contributed by atoms with Crippen LogP contribution in [-0.2, 0) is 14.3 Å². The fourth-order valence-corrected chi connectivity index (χ4v) is 4.25. The van der Waals surface area contributed by atoms with Gasteiger partial charge in [-0.25, -0.2) is 0 Å². The first kappa shape index (κ1) is 15.8. The average molecular weight is 308 g/mol. The van der Waals surface area contributed by atoms with Crippen LogP contribution >= 0.6 is 0 Å². The van der Waals surface area contributed by atoms with E-state index < -0.39 is 0 Å². The summed E-state index contributed by atoms with van der Waals surface area (Å²) in [6.45, 7) is 5.04. The number of carbonyl (C=O) groups is 2. The Morgan fingerprint density at radius 3 is 2.45 bits per heavy atom. The molecule has 0 bridgehead atoms. The van der Waals surface area contributed by atoms with E-state index in [1.165, 1.54) is 19.3 Å². The Balaban J connectivity index is 1.65. The molecule has 1 spiro atoms. The molecule has 1 atom stereocenters. The summed E-state index contributed by atoms with van der Waals surface area (Å²) in [5.74, 6) is 0.650. The van der Waals surface area contributed by atoms with Crippen molar-refractivity contribution >= 4 is 11.8 Å². The SMILES string of the molecule is CC(=O)N1CCC[C@@]2(C1)CN(C(=O)C1CCCCC1)CCO2. The zero-order chi connectivity index (χ0) is 15.6. The Morgan fingerprint density at radius 2 is 1.73 bits per heavy atom. The Hall–Kier alpha value is -1.10. The fraction of sp³-hybridized carbons (Fsp3) is 0.882. The van der Waals surface area contributed by atoms with Crippen molar-refractivity contribution in [2.75, 3.05) is 32.8 Å². The number of piperidine rings is 1. The first-order valence-corrected chi connectivity index (χ1v) is 8.78. The van der Waals surface area contributed by atoms with Crippen LogP contribution in [0.25, 0.3) is 0 Å². The molecule has 0 N–H and O–H groups in total. The molecule has 2 heterocycles. The van der Waals surface area contributed by atoms with E-state index in [9.17, 15) is 9.59 Å². The first-order valence-electron chi connectivity index (χ1n) is 8.78. The molecule has 0 aromatic heterocycles. The molecule has 5 nitrogen and oxygen atoms in total. The van der Waals surface area contributed by atoms with Gasteiger partial charge in [0.05, 0.1) is 19.7 Å². The third-order valence-electron chi connectivity index (χ3n) is 5.50. The number of hydrogen-bond donors (Lipinski definition) is 0. The standard InChI is InChI=1S/C17H28N2O3/c1-14(20)18-9-5-8-17(12-18)13-19(10-11-22-17)16(21)15-6-3-2-4-7-15/h15H,2-13H2,1H3/t17-/m1/s1. The molecule has 1 aliphatic carbocycles. The van der Waals surface area contributed by atoms with Gasteiger partial charge in [0, 0.05) is 25.9 Å². The number of likely N-dealkylation sites (tertiary alicyclic amines) is 1.